The number of rotatable bonds is 3. The van der Waals surface area contributed by atoms with E-state index in [1.165, 1.54) is 4.57 Å². The number of carbonyl (C=O) groups is 1. The summed E-state index contributed by atoms with van der Waals surface area (Å²) in [5, 5.41) is 2.79. The second-order valence-corrected chi connectivity index (χ2v) is 5.58. The summed E-state index contributed by atoms with van der Waals surface area (Å²) in [6, 6.07) is 7.31. The van der Waals surface area contributed by atoms with Gasteiger partial charge in [-0.2, -0.15) is 0 Å². The van der Waals surface area contributed by atoms with E-state index in [1.807, 2.05) is 25.1 Å². The number of carbonyl (C=O) groups excluding carboxylic acids is 1. The van der Waals surface area contributed by atoms with Gasteiger partial charge in [0, 0.05) is 19.3 Å². The van der Waals surface area contributed by atoms with Gasteiger partial charge in [0.05, 0.1) is 0 Å². The molecule has 0 saturated carbocycles. The van der Waals surface area contributed by atoms with E-state index in [4.69, 9.17) is 9.47 Å². The molecular formula is C17H18N2O4. The third-order valence-corrected chi connectivity index (χ3v) is 3.98. The van der Waals surface area contributed by atoms with Gasteiger partial charge in [0.15, 0.2) is 11.5 Å². The Morgan fingerprint density at radius 1 is 1.22 bits per heavy atom. The van der Waals surface area contributed by atoms with Gasteiger partial charge in [-0.25, -0.2) is 0 Å². The summed E-state index contributed by atoms with van der Waals surface area (Å²) in [4.78, 5) is 24.7. The highest BCUT2D eigenvalue weighted by atomic mass is 16.7. The van der Waals surface area contributed by atoms with Crippen molar-refractivity contribution in [3.8, 4) is 11.5 Å². The van der Waals surface area contributed by atoms with Crippen molar-refractivity contribution >= 4 is 5.91 Å². The lowest BCUT2D eigenvalue weighted by atomic mass is 10.1. The minimum Gasteiger partial charge on any atom is -0.454 e. The molecule has 0 radical (unpaired) electrons. The van der Waals surface area contributed by atoms with E-state index >= 15 is 0 Å². The lowest BCUT2D eigenvalue weighted by Crippen LogP contribution is -2.33. The number of benzene rings is 1. The van der Waals surface area contributed by atoms with Crippen LogP contribution in [0.1, 0.15) is 27.2 Å². The van der Waals surface area contributed by atoms with Crippen molar-refractivity contribution in [2.75, 3.05) is 6.79 Å². The van der Waals surface area contributed by atoms with E-state index in [9.17, 15) is 9.59 Å². The van der Waals surface area contributed by atoms with Crippen LogP contribution in [0.2, 0.25) is 0 Å². The van der Waals surface area contributed by atoms with Crippen LogP contribution < -0.4 is 20.3 Å². The van der Waals surface area contributed by atoms with Crippen molar-refractivity contribution in [3.63, 3.8) is 0 Å². The van der Waals surface area contributed by atoms with Gasteiger partial charge in [-0.1, -0.05) is 6.07 Å². The quantitative estimate of drug-likeness (QED) is 0.935. The molecule has 23 heavy (non-hydrogen) atoms. The maximum absolute atomic E-state index is 12.4. The fraction of sp³-hybridized carbons (Fsp3) is 0.294. The smallest absolute Gasteiger partial charge is 0.263 e. The van der Waals surface area contributed by atoms with Gasteiger partial charge in [0.1, 0.15) is 5.56 Å². The van der Waals surface area contributed by atoms with Crippen molar-refractivity contribution in [3.05, 3.63) is 57.0 Å². The fourth-order valence-electron chi connectivity index (χ4n) is 2.58. The molecule has 0 spiro atoms. The summed E-state index contributed by atoms with van der Waals surface area (Å²) in [6.07, 6.45) is 0. The number of nitrogens with one attached hydrogen (secondary N) is 1. The van der Waals surface area contributed by atoms with Gasteiger partial charge >= 0.3 is 0 Å². The largest absolute Gasteiger partial charge is 0.454 e. The molecule has 0 fully saturated rings. The predicted molar refractivity (Wildman–Crippen MR) is 84.9 cm³/mol. The van der Waals surface area contributed by atoms with Crippen LogP contribution >= 0.6 is 0 Å². The molecule has 6 heteroatoms. The van der Waals surface area contributed by atoms with Crippen LogP contribution in [0, 0.1) is 13.8 Å². The lowest BCUT2D eigenvalue weighted by molar-refractivity contribution is 0.0948. The Labute approximate surface area is 133 Å². The Kier molecular flexibility index (Phi) is 3.82. The van der Waals surface area contributed by atoms with Gasteiger partial charge in [-0.15, -0.1) is 0 Å². The summed E-state index contributed by atoms with van der Waals surface area (Å²) in [5.74, 6) is 0.989. The number of aryl methyl sites for hydroxylation is 2. The highest BCUT2D eigenvalue weighted by Gasteiger charge is 2.17. The van der Waals surface area contributed by atoms with Crippen molar-refractivity contribution in [1.29, 1.82) is 0 Å². The number of pyridine rings is 1. The first-order chi connectivity index (χ1) is 11.0. The summed E-state index contributed by atoms with van der Waals surface area (Å²) >= 11 is 0. The Bertz CT molecular complexity index is 839. The molecule has 0 saturated heterocycles. The number of hydrogen-bond donors (Lipinski definition) is 1. The maximum Gasteiger partial charge on any atom is 0.263 e. The topological polar surface area (TPSA) is 69.6 Å². The van der Waals surface area contributed by atoms with E-state index in [-0.39, 0.29) is 23.8 Å². The van der Waals surface area contributed by atoms with E-state index in [0.717, 1.165) is 11.3 Å². The summed E-state index contributed by atoms with van der Waals surface area (Å²) in [5.41, 5.74) is 2.27. The average Bonchev–Trinajstić information content (AvgIpc) is 2.98. The van der Waals surface area contributed by atoms with Crippen LogP contribution in [-0.4, -0.2) is 17.3 Å². The van der Waals surface area contributed by atoms with Crippen LogP contribution in [-0.2, 0) is 13.6 Å². The zero-order chi connectivity index (χ0) is 16.6. The van der Waals surface area contributed by atoms with Crippen molar-refractivity contribution in [1.82, 2.24) is 9.88 Å². The molecule has 120 valence electrons. The number of nitrogens with zero attached hydrogens (tertiary/aromatic N) is 1. The fourth-order valence-corrected chi connectivity index (χ4v) is 2.58. The summed E-state index contributed by atoms with van der Waals surface area (Å²) < 4.78 is 12.0. The Hall–Kier alpha value is -2.76. The van der Waals surface area contributed by atoms with Gasteiger partial charge in [0.25, 0.3) is 11.5 Å². The molecule has 1 aliphatic rings. The number of amides is 1. The third kappa shape index (κ3) is 2.79. The van der Waals surface area contributed by atoms with Crippen LogP contribution in [0.25, 0.3) is 0 Å². The molecule has 0 bridgehead atoms. The molecule has 0 aliphatic carbocycles. The minimum absolute atomic E-state index is 0.179. The van der Waals surface area contributed by atoms with Crippen molar-refractivity contribution in [2.24, 2.45) is 7.05 Å². The monoisotopic (exact) mass is 314 g/mol. The molecule has 2 aromatic rings. The van der Waals surface area contributed by atoms with E-state index in [1.54, 1.807) is 20.0 Å². The highest BCUT2D eigenvalue weighted by Crippen LogP contribution is 2.32. The molecular weight excluding hydrogens is 296 g/mol. The molecule has 0 unspecified atom stereocenters. The van der Waals surface area contributed by atoms with Gasteiger partial charge < -0.3 is 19.4 Å². The van der Waals surface area contributed by atoms with E-state index < -0.39 is 0 Å². The number of hydrogen-bond acceptors (Lipinski definition) is 4. The standard InChI is InChI=1S/C17H18N2O4/c1-10-6-11(2)19(3)17(21)15(10)16(20)18-8-12-4-5-13-14(7-12)23-9-22-13/h4-7H,8-9H2,1-3H3,(H,18,20). The summed E-state index contributed by atoms with van der Waals surface area (Å²) in [7, 11) is 1.66. The molecule has 1 aromatic carbocycles. The van der Waals surface area contributed by atoms with Crippen molar-refractivity contribution in [2.45, 2.75) is 20.4 Å². The van der Waals surface area contributed by atoms with Crippen LogP contribution in [0.5, 0.6) is 11.5 Å². The second-order valence-electron chi connectivity index (χ2n) is 5.58. The van der Waals surface area contributed by atoms with E-state index in [0.29, 0.717) is 23.6 Å². The summed E-state index contributed by atoms with van der Waals surface area (Å²) in [6.45, 7) is 4.13. The second kappa shape index (κ2) is 5.79. The van der Waals surface area contributed by atoms with E-state index in [2.05, 4.69) is 5.32 Å². The Morgan fingerprint density at radius 3 is 2.74 bits per heavy atom. The zero-order valence-electron chi connectivity index (χ0n) is 13.3. The molecule has 1 N–H and O–H groups in total. The minimum atomic E-state index is -0.374. The SMILES string of the molecule is Cc1cc(C)n(C)c(=O)c1C(=O)NCc1ccc2c(c1)OCO2. The Morgan fingerprint density at radius 2 is 1.96 bits per heavy atom. The molecule has 3 rings (SSSR count). The molecule has 1 amide bonds. The predicted octanol–water partition coefficient (Wildman–Crippen LogP) is 1.66. The number of ether oxygens (including phenoxy) is 2. The van der Waals surface area contributed by atoms with Crippen LogP contribution in [0.15, 0.2) is 29.1 Å². The normalized spacial score (nSPS) is 12.3. The van der Waals surface area contributed by atoms with Gasteiger partial charge in [-0.3, -0.25) is 9.59 Å². The molecule has 2 heterocycles. The van der Waals surface area contributed by atoms with Crippen LogP contribution in [0.3, 0.4) is 0 Å². The van der Waals surface area contributed by atoms with Crippen LogP contribution in [0.4, 0.5) is 0 Å². The molecule has 0 atom stereocenters. The Balaban J connectivity index is 1.78. The molecule has 6 nitrogen and oxygen atoms in total. The lowest BCUT2D eigenvalue weighted by Gasteiger charge is -2.11. The number of fused-ring (bicyclic) bond motifs is 1. The highest BCUT2D eigenvalue weighted by molar-refractivity contribution is 5.95. The zero-order valence-corrected chi connectivity index (χ0v) is 13.3. The molecule has 1 aromatic heterocycles. The first-order valence-corrected chi connectivity index (χ1v) is 7.31. The third-order valence-electron chi connectivity index (χ3n) is 3.98. The average molecular weight is 314 g/mol. The van der Waals surface area contributed by atoms with Gasteiger partial charge in [-0.05, 0) is 43.2 Å². The number of aromatic nitrogens is 1. The molecule has 1 aliphatic heterocycles. The first-order valence-electron chi connectivity index (χ1n) is 7.31. The maximum atomic E-state index is 12.4. The van der Waals surface area contributed by atoms with Gasteiger partial charge in [0.2, 0.25) is 6.79 Å². The first kappa shape index (κ1) is 15.1. The van der Waals surface area contributed by atoms with Crippen molar-refractivity contribution < 1.29 is 14.3 Å².